The second kappa shape index (κ2) is 4.58. The van der Waals surface area contributed by atoms with E-state index in [1.807, 2.05) is 18.2 Å². The molecule has 86 valence electrons. The molecule has 2 N–H and O–H groups in total. The molecule has 1 aliphatic rings. The summed E-state index contributed by atoms with van der Waals surface area (Å²) in [4.78, 5) is 0. The standard InChI is InChI=1S/C13H17NO2/c1-9(2)11-7-13-12(15-8-16-13)6-10(11)4-3-5-14/h3-4,6-7,9H,5,8,14H2,1-2H3/b4-3+. The van der Waals surface area contributed by atoms with Crippen molar-refractivity contribution in [3.8, 4) is 11.5 Å². The van der Waals surface area contributed by atoms with Gasteiger partial charge in [0, 0.05) is 6.54 Å². The molecule has 1 aliphatic heterocycles. The summed E-state index contributed by atoms with van der Waals surface area (Å²) in [7, 11) is 0. The summed E-state index contributed by atoms with van der Waals surface area (Å²) in [5.74, 6) is 2.11. The Morgan fingerprint density at radius 1 is 1.31 bits per heavy atom. The summed E-state index contributed by atoms with van der Waals surface area (Å²) in [5.41, 5.74) is 7.89. The van der Waals surface area contributed by atoms with Crippen molar-refractivity contribution >= 4 is 6.08 Å². The minimum absolute atomic E-state index is 0.316. The lowest BCUT2D eigenvalue weighted by molar-refractivity contribution is 0.174. The average molecular weight is 219 g/mol. The van der Waals surface area contributed by atoms with E-state index in [0.717, 1.165) is 17.1 Å². The highest BCUT2D eigenvalue weighted by atomic mass is 16.7. The normalized spacial score (nSPS) is 14.0. The summed E-state index contributed by atoms with van der Waals surface area (Å²) in [6.07, 6.45) is 3.99. The Balaban J connectivity index is 2.44. The van der Waals surface area contributed by atoms with Gasteiger partial charge in [0.1, 0.15) is 0 Å². The quantitative estimate of drug-likeness (QED) is 0.849. The van der Waals surface area contributed by atoms with Crippen LogP contribution >= 0.6 is 0 Å². The van der Waals surface area contributed by atoms with Crippen molar-refractivity contribution in [2.75, 3.05) is 13.3 Å². The molecule has 1 aromatic carbocycles. The van der Waals surface area contributed by atoms with Crippen LogP contribution in [0.15, 0.2) is 18.2 Å². The van der Waals surface area contributed by atoms with Gasteiger partial charge < -0.3 is 15.2 Å². The molecule has 0 saturated heterocycles. The van der Waals surface area contributed by atoms with Crippen molar-refractivity contribution in [3.63, 3.8) is 0 Å². The summed E-state index contributed by atoms with van der Waals surface area (Å²) in [5, 5.41) is 0. The lowest BCUT2D eigenvalue weighted by atomic mass is 9.96. The van der Waals surface area contributed by atoms with E-state index in [4.69, 9.17) is 15.2 Å². The van der Waals surface area contributed by atoms with E-state index in [0.29, 0.717) is 19.3 Å². The number of rotatable bonds is 3. The minimum Gasteiger partial charge on any atom is -0.454 e. The van der Waals surface area contributed by atoms with E-state index in [9.17, 15) is 0 Å². The first-order chi connectivity index (χ1) is 7.72. The van der Waals surface area contributed by atoms with Crippen LogP contribution in [0.4, 0.5) is 0 Å². The maximum atomic E-state index is 5.47. The molecular formula is C13H17NO2. The monoisotopic (exact) mass is 219 g/mol. The Morgan fingerprint density at radius 2 is 2.00 bits per heavy atom. The van der Waals surface area contributed by atoms with E-state index in [-0.39, 0.29) is 0 Å². The SMILES string of the molecule is CC(C)c1cc2c(cc1/C=C/CN)OCO2. The molecule has 0 atom stereocenters. The van der Waals surface area contributed by atoms with Crippen LogP contribution in [0.1, 0.15) is 30.9 Å². The molecule has 1 heterocycles. The molecular weight excluding hydrogens is 202 g/mol. The first kappa shape index (κ1) is 11.0. The van der Waals surface area contributed by atoms with E-state index in [1.54, 1.807) is 0 Å². The van der Waals surface area contributed by atoms with Crippen molar-refractivity contribution in [2.24, 2.45) is 5.73 Å². The van der Waals surface area contributed by atoms with E-state index in [1.165, 1.54) is 5.56 Å². The molecule has 2 rings (SSSR count). The Labute approximate surface area is 95.9 Å². The maximum absolute atomic E-state index is 5.47. The fourth-order valence-corrected chi connectivity index (χ4v) is 1.81. The average Bonchev–Trinajstić information content (AvgIpc) is 2.71. The molecule has 0 radical (unpaired) electrons. The largest absolute Gasteiger partial charge is 0.454 e. The van der Waals surface area contributed by atoms with Gasteiger partial charge in [-0.3, -0.25) is 0 Å². The van der Waals surface area contributed by atoms with Gasteiger partial charge >= 0.3 is 0 Å². The third-order valence-corrected chi connectivity index (χ3v) is 2.63. The number of fused-ring (bicyclic) bond motifs is 1. The summed E-state index contributed by atoms with van der Waals surface area (Å²) in [6, 6.07) is 4.08. The molecule has 0 unspecified atom stereocenters. The summed E-state index contributed by atoms with van der Waals surface area (Å²) >= 11 is 0. The van der Waals surface area contributed by atoms with Crippen molar-refractivity contribution in [1.29, 1.82) is 0 Å². The van der Waals surface area contributed by atoms with Crippen LogP contribution in [0.25, 0.3) is 6.08 Å². The Kier molecular flexibility index (Phi) is 3.15. The number of nitrogens with two attached hydrogens (primary N) is 1. The summed E-state index contributed by atoms with van der Waals surface area (Å²) < 4.78 is 10.7. The van der Waals surface area contributed by atoms with Gasteiger partial charge in [0.05, 0.1) is 0 Å². The molecule has 0 aromatic heterocycles. The van der Waals surface area contributed by atoms with Crippen LogP contribution < -0.4 is 15.2 Å². The van der Waals surface area contributed by atoms with Crippen LogP contribution in [0, 0.1) is 0 Å². The number of ether oxygens (including phenoxy) is 2. The zero-order valence-corrected chi connectivity index (χ0v) is 9.69. The molecule has 0 amide bonds. The van der Waals surface area contributed by atoms with E-state index in [2.05, 4.69) is 19.9 Å². The highest BCUT2D eigenvalue weighted by Gasteiger charge is 2.17. The smallest absolute Gasteiger partial charge is 0.231 e. The van der Waals surface area contributed by atoms with Crippen LogP contribution in [-0.4, -0.2) is 13.3 Å². The van der Waals surface area contributed by atoms with Crippen molar-refractivity contribution in [1.82, 2.24) is 0 Å². The van der Waals surface area contributed by atoms with Gasteiger partial charge in [0.2, 0.25) is 6.79 Å². The molecule has 0 spiro atoms. The number of hydrogen-bond acceptors (Lipinski definition) is 3. The third kappa shape index (κ3) is 2.04. The molecule has 3 nitrogen and oxygen atoms in total. The van der Waals surface area contributed by atoms with Crippen molar-refractivity contribution in [3.05, 3.63) is 29.3 Å². The lowest BCUT2D eigenvalue weighted by Crippen LogP contribution is -1.95. The molecule has 0 aliphatic carbocycles. The van der Waals surface area contributed by atoms with E-state index >= 15 is 0 Å². The molecule has 0 bridgehead atoms. The fourth-order valence-electron chi connectivity index (χ4n) is 1.81. The molecule has 3 heteroatoms. The zero-order chi connectivity index (χ0) is 11.5. The van der Waals surface area contributed by atoms with Gasteiger partial charge in [-0.25, -0.2) is 0 Å². The van der Waals surface area contributed by atoms with Crippen molar-refractivity contribution < 1.29 is 9.47 Å². The van der Waals surface area contributed by atoms with Gasteiger partial charge in [0.15, 0.2) is 11.5 Å². The second-order valence-corrected chi connectivity index (χ2v) is 4.13. The van der Waals surface area contributed by atoms with Crippen molar-refractivity contribution in [2.45, 2.75) is 19.8 Å². The molecule has 0 fully saturated rings. The Morgan fingerprint density at radius 3 is 2.62 bits per heavy atom. The van der Waals surface area contributed by atoms with Crippen LogP contribution in [0.5, 0.6) is 11.5 Å². The van der Waals surface area contributed by atoms with Gasteiger partial charge in [0.25, 0.3) is 0 Å². The first-order valence-electron chi connectivity index (χ1n) is 5.52. The lowest BCUT2D eigenvalue weighted by Gasteiger charge is -2.11. The third-order valence-electron chi connectivity index (χ3n) is 2.63. The molecule has 16 heavy (non-hydrogen) atoms. The second-order valence-electron chi connectivity index (χ2n) is 4.13. The van der Waals surface area contributed by atoms with Gasteiger partial charge in [-0.1, -0.05) is 26.0 Å². The van der Waals surface area contributed by atoms with Crippen LogP contribution in [0.2, 0.25) is 0 Å². The van der Waals surface area contributed by atoms with Gasteiger partial charge in [-0.15, -0.1) is 0 Å². The Bertz CT molecular complexity index is 411. The summed E-state index contributed by atoms with van der Waals surface area (Å²) in [6.45, 7) is 5.19. The molecule has 1 aromatic rings. The zero-order valence-electron chi connectivity index (χ0n) is 9.69. The number of hydrogen-bond donors (Lipinski definition) is 1. The number of benzene rings is 1. The Hall–Kier alpha value is -1.48. The van der Waals surface area contributed by atoms with E-state index < -0.39 is 0 Å². The van der Waals surface area contributed by atoms with Crippen LogP contribution in [0.3, 0.4) is 0 Å². The predicted octanol–water partition coefficient (Wildman–Crippen LogP) is 2.51. The molecule has 0 saturated carbocycles. The maximum Gasteiger partial charge on any atom is 0.231 e. The predicted molar refractivity (Wildman–Crippen MR) is 64.7 cm³/mol. The topological polar surface area (TPSA) is 44.5 Å². The minimum atomic E-state index is 0.316. The van der Waals surface area contributed by atoms with Gasteiger partial charge in [-0.05, 0) is 29.2 Å². The highest BCUT2D eigenvalue weighted by molar-refractivity contribution is 5.61. The van der Waals surface area contributed by atoms with Gasteiger partial charge in [-0.2, -0.15) is 0 Å². The first-order valence-corrected chi connectivity index (χ1v) is 5.52. The highest BCUT2D eigenvalue weighted by Crippen LogP contribution is 2.37. The van der Waals surface area contributed by atoms with Crippen LogP contribution in [-0.2, 0) is 0 Å². The fraction of sp³-hybridized carbons (Fsp3) is 0.385.